The number of nitrogens with zero attached hydrogens (tertiary/aromatic N) is 1. The third-order valence-corrected chi connectivity index (χ3v) is 5.01. The summed E-state index contributed by atoms with van der Waals surface area (Å²) in [6.07, 6.45) is 5.67. The first-order chi connectivity index (χ1) is 11.1. The Morgan fingerprint density at radius 1 is 1.09 bits per heavy atom. The van der Waals surface area contributed by atoms with Gasteiger partial charge in [-0.25, -0.2) is 0 Å². The summed E-state index contributed by atoms with van der Waals surface area (Å²) < 4.78 is 0. The van der Waals surface area contributed by atoms with Gasteiger partial charge in [0.1, 0.15) is 0 Å². The number of hydrogen-bond acceptors (Lipinski definition) is 2. The third kappa shape index (κ3) is 4.12. The number of carbonyl (C=O) groups is 2. The summed E-state index contributed by atoms with van der Waals surface area (Å²) in [5, 5.41) is 2.98. The molecule has 4 heteroatoms. The van der Waals surface area contributed by atoms with Crippen LogP contribution in [0.5, 0.6) is 0 Å². The van der Waals surface area contributed by atoms with Crippen molar-refractivity contribution in [1.82, 2.24) is 10.2 Å². The van der Waals surface area contributed by atoms with Crippen LogP contribution >= 0.6 is 0 Å². The zero-order valence-electron chi connectivity index (χ0n) is 13.9. The van der Waals surface area contributed by atoms with Crippen LogP contribution in [0.2, 0.25) is 0 Å². The Morgan fingerprint density at radius 2 is 1.70 bits per heavy atom. The summed E-state index contributed by atoms with van der Waals surface area (Å²) in [7, 11) is 0. The van der Waals surface area contributed by atoms with Crippen LogP contribution in [0.3, 0.4) is 0 Å². The van der Waals surface area contributed by atoms with E-state index in [1.807, 2.05) is 29.2 Å². The van der Waals surface area contributed by atoms with Crippen molar-refractivity contribution in [1.29, 1.82) is 0 Å². The number of likely N-dealkylation sites (tertiary alicyclic amines) is 1. The van der Waals surface area contributed by atoms with E-state index in [2.05, 4.69) is 12.2 Å². The molecule has 1 N–H and O–H groups in total. The molecule has 1 saturated carbocycles. The molecule has 124 valence electrons. The average Bonchev–Trinajstić information content (AvgIpc) is 3.35. The van der Waals surface area contributed by atoms with E-state index in [1.54, 1.807) is 0 Å². The zero-order valence-corrected chi connectivity index (χ0v) is 13.9. The monoisotopic (exact) mass is 314 g/mol. The van der Waals surface area contributed by atoms with Gasteiger partial charge >= 0.3 is 0 Å². The van der Waals surface area contributed by atoms with Gasteiger partial charge in [-0.2, -0.15) is 0 Å². The first-order valence-electron chi connectivity index (χ1n) is 8.81. The van der Waals surface area contributed by atoms with Crippen LogP contribution < -0.4 is 5.32 Å². The molecule has 3 rings (SSSR count). The first kappa shape index (κ1) is 16.0. The highest BCUT2D eigenvalue weighted by molar-refractivity contribution is 5.94. The smallest absolute Gasteiger partial charge is 0.253 e. The Labute approximate surface area is 138 Å². The topological polar surface area (TPSA) is 49.4 Å². The van der Waals surface area contributed by atoms with Crippen molar-refractivity contribution in [2.45, 2.75) is 45.6 Å². The van der Waals surface area contributed by atoms with Gasteiger partial charge in [-0.05, 0) is 42.9 Å². The molecule has 4 nitrogen and oxygen atoms in total. The van der Waals surface area contributed by atoms with Crippen molar-refractivity contribution >= 4 is 11.8 Å². The van der Waals surface area contributed by atoms with E-state index < -0.39 is 0 Å². The maximum absolute atomic E-state index is 12.5. The van der Waals surface area contributed by atoms with Crippen LogP contribution in [0.1, 0.15) is 54.9 Å². The Balaban J connectivity index is 1.53. The predicted molar refractivity (Wildman–Crippen MR) is 89.9 cm³/mol. The van der Waals surface area contributed by atoms with Crippen LogP contribution in [0, 0.1) is 11.8 Å². The van der Waals surface area contributed by atoms with Crippen molar-refractivity contribution < 1.29 is 9.59 Å². The lowest BCUT2D eigenvalue weighted by Crippen LogP contribution is -2.31. The van der Waals surface area contributed by atoms with Crippen molar-refractivity contribution in [2.24, 2.45) is 11.8 Å². The van der Waals surface area contributed by atoms with E-state index >= 15 is 0 Å². The van der Waals surface area contributed by atoms with Crippen LogP contribution in [0.4, 0.5) is 0 Å². The maximum atomic E-state index is 12.5. The molecule has 2 unspecified atom stereocenters. The number of carbonyl (C=O) groups excluding carboxylic acids is 2. The summed E-state index contributed by atoms with van der Waals surface area (Å²) in [4.78, 5) is 26.3. The molecule has 1 aromatic carbocycles. The van der Waals surface area contributed by atoms with Gasteiger partial charge in [0.05, 0.1) is 0 Å². The summed E-state index contributed by atoms with van der Waals surface area (Å²) >= 11 is 0. The Hall–Kier alpha value is -1.84. The molecule has 0 radical (unpaired) electrons. The summed E-state index contributed by atoms with van der Waals surface area (Å²) in [5.74, 6) is 1.03. The van der Waals surface area contributed by atoms with Gasteiger partial charge in [0.2, 0.25) is 5.91 Å². The summed E-state index contributed by atoms with van der Waals surface area (Å²) in [5.41, 5.74) is 1.79. The van der Waals surface area contributed by atoms with Gasteiger partial charge in [-0.3, -0.25) is 9.59 Å². The van der Waals surface area contributed by atoms with Gasteiger partial charge in [0, 0.05) is 31.1 Å². The molecule has 2 atom stereocenters. The Kier molecular flexibility index (Phi) is 4.99. The van der Waals surface area contributed by atoms with Gasteiger partial charge in [-0.1, -0.05) is 31.9 Å². The lowest BCUT2D eigenvalue weighted by atomic mass is 10.1. The normalized spacial score (nSPS) is 24.0. The molecule has 0 spiro atoms. The van der Waals surface area contributed by atoms with Crippen molar-refractivity contribution in [3.63, 3.8) is 0 Å². The minimum Gasteiger partial charge on any atom is -0.352 e. The molecule has 0 aromatic heterocycles. The number of hydrogen-bond donors (Lipinski definition) is 1. The third-order valence-electron chi connectivity index (χ3n) is 5.01. The van der Waals surface area contributed by atoms with Crippen molar-refractivity contribution in [3.8, 4) is 0 Å². The molecule has 0 bridgehead atoms. The lowest BCUT2D eigenvalue weighted by Gasteiger charge is -2.20. The second-order valence-corrected chi connectivity index (χ2v) is 6.94. The Morgan fingerprint density at radius 3 is 2.26 bits per heavy atom. The highest BCUT2D eigenvalue weighted by Crippen LogP contribution is 2.37. The van der Waals surface area contributed by atoms with Crippen LogP contribution in [-0.2, 0) is 11.3 Å². The highest BCUT2D eigenvalue weighted by Gasteiger charge is 2.38. The van der Waals surface area contributed by atoms with Gasteiger partial charge in [0.15, 0.2) is 0 Å². The van der Waals surface area contributed by atoms with Crippen LogP contribution in [0.15, 0.2) is 24.3 Å². The maximum Gasteiger partial charge on any atom is 0.253 e. The van der Waals surface area contributed by atoms with Gasteiger partial charge < -0.3 is 10.2 Å². The molecule has 23 heavy (non-hydrogen) atoms. The fourth-order valence-electron chi connectivity index (χ4n) is 3.23. The van der Waals surface area contributed by atoms with E-state index in [1.165, 1.54) is 12.8 Å². The molecule has 1 aliphatic carbocycles. The van der Waals surface area contributed by atoms with Crippen LogP contribution in [-0.4, -0.2) is 29.8 Å². The number of rotatable bonds is 4. The molecule has 1 aromatic rings. The summed E-state index contributed by atoms with van der Waals surface area (Å²) in [6.45, 7) is 4.39. The first-order valence-corrected chi connectivity index (χ1v) is 8.81. The van der Waals surface area contributed by atoms with E-state index in [9.17, 15) is 9.59 Å². The SMILES string of the molecule is CC1CC1C(=O)NCc1ccc(C(=O)N2CCCCCC2)cc1. The molecule has 2 amide bonds. The molecular formula is C19H26N2O2. The second-order valence-electron chi connectivity index (χ2n) is 6.94. The highest BCUT2D eigenvalue weighted by atomic mass is 16.2. The van der Waals surface area contributed by atoms with E-state index in [0.29, 0.717) is 12.5 Å². The van der Waals surface area contributed by atoms with Gasteiger partial charge in [0.25, 0.3) is 5.91 Å². The van der Waals surface area contributed by atoms with E-state index in [-0.39, 0.29) is 17.7 Å². The number of nitrogens with one attached hydrogen (secondary N) is 1. The molecule has 2 fully saturated rings. The van der Waals surface area contributed by atoms with Crippen molar-refractivity contribution in [2.75, 3.05) is 13.1 Å². The van der Waals surface area contributed by atoms with Crippen molar-refractivity contribution in [3.05, 3.63) is 35.4 Å². The number of benzene rings is 1. The fraction of sp³-hybridized carbons (Fsp3) is 0.579. The molecule has 1 heterocycles. The minimum absolute atomic E-state index is 0.134. The molecular weight excluding hydrogens is 288 g/mol. The lowest BCUT2D eigenvalue weighted by molar-refractivity contribution is -0.122. The quantitative estimate of drug-likeness (QED) is 0.929. The molecule has 2 aliphatic rings. The predicted octanol–water partition coefficient (Wildman–Crippen LogP) is 2.98. The van der Waals surface area contributed by atoms with Gasteiger partial charge in [-0.15, -0.1) is 0 Å². The van der Waals surface area contributed by atoms with E-state index in [4.69, 9.17) is 0 Å². The average molecular weight is 314 g/mol. The number of amides is 2. The Bertz CT molecular complexity index is 559. The van der Waals surface area contributed by atoms with E-state index in [0.717, 1.165) is 43.5 Å². The molecule has 1 saturated heterocycles. The fourth-order valence-corrected chi connectivity index (χ4v) is 3.23. The minimum atomic E-state index is 0.134. The second kappa shape index (κ2) is 7.16. The standard InChI is InChI=1S/C19H26N2O2/c1-14-12-17(14)18(22)20-13-15-6-8-16(9-7-15)19(23)21-10-4-2-3-5-11-21/h6-9,14,17H,2-5,10-13H2,1H3,(H,20,22). The summed E-state index contributed by atoms with van der Waals surface area (Å²) in [6, 6.07) is 7.66. The zero-order chi connectivity index (χ0) is 16.2. The largest absolute Gasteiger partial charge is 0.352 e. The van der Waals surface area contributed by atoms with Crippen LogP contribution in [0.25, 0.3) is 0 Å². The molecule has 1 aliphatic heterocycles.